The first-order chi connectivity index (χ1) is 8.33. The zero-order valence-electron chi connectivity index (χ0n) is 11.1. The third-order valence-corrected chi connectivity index (χ3v) is 3.79. The van der Waals surface area contributed by atoms with E-state index in [0.29, 0.717) is 12.0 Å². The number of aliphatic imine (C=N–C) groups is 1. The first-order valence-corrected chi connectivity index (χ1v) is 6.89. The second kappa shape index (κ2) is 6.24. The highest BCUT2D eigenvalue weighted by molar-refractivity contribution is 5.80. The van der Waals surface area contributed by atoms with Gasteiger partial charge in [-0.15, -0.1) is 0 Å². The SMILES string of the molecule is CCOCC1CCN(C(=NC)NC2CCC2)C1. The maximum Gasteiger partial charge on any atom is 0.193 e. The molecule has 2 rings (SSSR count). The molecule has 4 nitrogen and oxygen atoms in total. The summed E-state index contributed by atoms with van der Waals surface area (Å²) in [6.07, 6.45) is 5.19. The van der Waals surface area contributed by atoms with Crippen molar-refractivity contribution in [3.8, 4) is 0 Å². The minimum Gasteiger partial charge on any atom is -0.381 e. The van der Waals surface area contributed by atoms with Gasteiger partial charge in [0.2, 0.25) is 0 Å². The van der Waals surface area contributed by atoms with Gasteiger partial charge in [-0.3, -0.25) is 4.99 Å². The molecule has 2 fully saturated rings. The van der Waals surface area contributed by atoms with E-state index < -0.39 is 0 Å². The van der Waals surface area contributed by atoms with E-state index in [1.165, 1.54) is 25.7 Å². The highest BCUT2D eigenvalue weighted by atomic mass is 16.5. The van der Waals surface area contributed by atoms with Gasteiger partial charge in [0.05, 0.1) is 6.61 Å². The molecule has 0 aromatic rings. The predicted molar refractivity (Wildman–Crippen MR) is 70.3 cm³/mol. The van der Waals surface area contributed by atoms with E-state index in [4.69, 9.17) is 4.74 Å². The zero-order valence-corrected chi connectivity index (χ0v) is 11.1. The minimum absolute atomic E-state index is 0.666. The van der Waals surface area contributed by atoms with Crippen LogP contribution in [0.2, 0.25) is 0 Å². The molecule has 0 bridgehead atoms. The van der Waals surface area contributed by atoms with Gasteiger partial charge in [0.25, 0.3) is 0 Å². The van der Waals surface area contributed by atoms with Crippen molar-refractivity contribution in [2.45, 2.75) is 38.6 Å². The lowest BCUT2D eigenvalue weighted by molar-refractivity contribution is 0.114. The minimum atomic E-state index is 0.666. The molecule has 1 aliphatic carbocycles. The molecule has 1 heterocycles. The van der Waals surface area contributed by atoms with Gasteiger partial charge in [-0.2, -0.15) is 0 Å². The highest BCUT2D eigenvalue weighted by Gasteiger charge is 2.27. The van der Waals surface area contributed by atoms with Crippen LogP contribution in [-0.4, -0.2) is 50.3 Å². The Morgan fingerprint density at radius 3 is 2.82 bits per heavy atom. The van der Waals surface area contributed by atoms with Crippen molar-refractivity contribution in [3.05, 3.63) is 0 Å². The van der Waals surface area contributed by atoms with Crippen molar-refractivity contribution in [2.24, 2.45) is 10.9 Å². The van der Waals surface area contributed by atoms with Crippen LogP contribution < -0.4 is 5.32 Å². The number of hydrogen-bond donors (Lipinski definition) is 1. The summed E-state index contributed by atoms with van der Waals surface area (Å²) in [6.45, 7) is 5.99. The summed E-state index contributed by atoms with van der Waals surface area (Å²) in [4.78, 5) is 6.77. The van der Waals surface area contributed by atoms with E-state index in [9.17, 15) is 0 Å². The molecule has 4 heteroatoms. The van der Waals surface area contributed by atoms with E-state index in [1.54, 1.807) is 0 Å². The van der Waals surface area contributed by atoms with Gasteiger partial charge in [-0.05, 0) is 32.6 Å². The van der Waals surface area contributed by atoms with Crippen molar-refractivity contribution in [3.63, 3.8) is 0 Å². The summed E-state index contributed by atoms with van der Waals surface area (Å²) in [6, 6.07) is 0.666. The summed E-state index contributed by atoms with van der Waals surface area (Å²) in [7, 11) is 1.89. The highest BCUT2D eigenvalue weighted by Crippen LogP contribution is 2.20. The second-order valence-corrected chi connectivity index (χ2v) is 5.08. The van der Waals surface area contributed by atoms with Crippen molar-refractivity contribution in [1.29, 1.82) is 0 Å². The van der Waals surface area contributed by atoms with E-state index in [0.717, 1.165) is 32.3 Å². The van der Waals surface area contributed by atoms with Crippen LogP contribution in [0.15, 0.2) is 4.99 Å². The molecule has 1 unspecified atom stereocenters. The van der Waals surface area contributed by atoms with E-state index in [2.05, 4.69) is 22.1 Å². The molecular weight excluding hydrogens is 214 g/mol. The number of likely N-dealkylation sites (tertiary alicyclic amines) is 1. The summed E-state index contributed by atoms with van der Waals surface area (Å²) in [5.41, 5.74) is 0. The third kappa shape index (κ3) is 3.35. The Labute approximate surface area is 104 Å². The molecule has 0 radical (unpaired) electrons. The first kappa shape index (κ1) is 12.7. The predicted octanol–water partition coefficient (Wildman–Crippen LogP) is 1.47. The molecule has 1 saturated heterocycles. The van der Waals surface area contributed by atoms with Crippen molar-refractivity contribution in [1.82, 2.24) is 10.2 Å². The summed E-state index contributed by atoms with van der Waals surface area (Å²) in [5.74, 6) is 1.77. The lowest BCUT2D eigenvalue weighted by Gasteiger charge is -2.31. The number of rotatable bonds is 4. The van der Waals surface area contributed by atoms with E-state index in [-0.39, 0.29) is 0 Å². The molecule has 1 N–H and O–H groups in total. The standard InChI is InChI=1S/C13H25N3O/c1-3-17-10-11-7-8-16(9-11)13(14-2)15-12-5-4-6-12/h11-12H,3-10H2,1-2H3,(H,14,15). The Morgan fingerprint density at radius 2 is 2.24 bits per heavy atom. The number of guanidine groups is 1. The Hall–Kier alpha value is -0.770. The third-order valence-electron chi connectivity index (χ3n) is 3.79. The zero-order chi connectivity index (χ0) is 12.1. The Bertz CT molecular complexity index is 263. The normalized spacial score (nSPS) is 26.1. The molecule has 2 aliphatic rings. The Balaban J connectivity index is 1.76. The molecule has 0 spiro atoms. The lowest BCUT2D eigenvalue weighted by atomic mass is 9.93. The van der Waals surface area contributed by atoms with Crippen LogP contribution in [0.25, 0.3) is 0 Å². The van der Waals surface area contributed by atoms with Crippen molar-refractivity contribution < 1.29 is 4.74 Å². The van der Waals surface area contributed by atoms with E-state index >= 15 is 0 Å². The smallest absolute Gasteiger partial charge is 0.193 e. The van der Waals surface area contributed by atoms with Gasteiger partial charge in [0.1, 0.15) is 0 Å². The topological polar surface area (TPSA) is 36.9 Å². The molecule has 98 valence electrons. The van der Waals surface area contributed by atoms with Crippen LogP contribution in [0.4, 0.5) is 0 Å². The van der Waals surface area contributed by atoms with Gasteiger partial charge in [0.15, 0.2) is 5.96 Å². The molecule has 1 atom stereocenters. The lowest BCUT2D eigenvalue weighted by Crippen LogP contribution is -2.47. The van der Waals surface area contributed by atoms with Gasteiger partial charge in [-0.25, -0.2) is 0 Å². The van der Waals surface area contributed by atoms with Crippen molar-refractivity contribution in [2.75, 3.05) is 33.4 Å². The summed E-state index contributed by atoms with van der Waals surface area (Å²) >= 11 is 0. The monoisotopic (exact) mass is 239 g/mol. The molecule has 0 aromatic carbocycles. The van der Waals surface area contributed by atoms with Crippen LogP contribution in [0.1, 0.15) is 32.6 Å². The fourth-order valence-corrected chi connectivity index (χ4v) is 2.48. The fourth-order valence-electron chi connectivity index (χ4n) is 2.48. The van der Waals surface area contributed by atoms with Crippen LogP contribution in [-0.2, 0) is 4.74 Å². The molecule has 0 aromatic heterocycles. The number of nitrogens with zero attached hydrogens (tertiary/aromatic N) is 2. The molecule has 1 saturated carbocycles. The molecular formula is C13H25N3O. The largest absolute Gasteiger partial charge is 0.381 e. The number of hydrogen-bond acceptors (Lipinski definition) is 2. The van der Waals surface area contributed by atoms with Gasteiger partial charge in [0, 0.05) is 38.7 Å². The first-order valence-electron chi connectivity index (χ1n) is 6.89. The number of ether oxygens (including phenoxy) is 1. The Morgan fingerprint density at radius 1 is 1.41 bits per heavy atom. The maximum atomic E-state index is 5.51. The summed E-state index contributed by atoms with van der Waals surface area (Å²) < 4.78 is 5.51. The second-order valence-electron chi connectivity index (χ2n) is 5.08. The summed E-state index contributed by atoms with van der Waals surface area (Å²) in [5, 5.41) is 3.56. The van der Waals surface area contributed by atoms with E-state index in [1.807, 2.05) is 7.05 Å². The van der Waals surface area contributed by atoms with Crippen LogP contribution in [0, 0.1) is 5.92 Å². The van der Waals surface area contributed by atoms with Gasteiger partial charge >= 0.3 is 0 Å². The average molecular weight is 239 g/mol. The maximum absolute atomic E-state index is 5.51. The van der Waals surface area contributed by atoms with Crippen LogP contribution in [0.5, 0.6) is 0 Å². The van der Waals surface area contributed by atoms with Gasteiger partial charge < -0.3 is 15.0 Å². The average Bonchev–Trinajstić information content (AvgIpc) is 2.74. The Kier molecular flexibility index (Phi) is 4.66. The van der Waals surface area contributed by atoms with Crippen LogP contribution in [0.3, 0.4) is 0 Å². The molecule has 1 aliphatic heterocycles. The molecule has 17 heavy (non-hydrogen) atoms. The quantitative estimate of drug-likeness (QED) is 0.596. The van der Waals surface area contributed by atoms with Crippen LogP contribution >= 0.6 is 0 Å². The fraction of sp³-hybridized carbons (Fsp3) is 0.923. The number of nitrogens with one attached hydrogen (secondary N) is 1. The molecule has 0 amide bonds. The van der Waals surface area contributed by atoms with Crippen molar-refractivity contribution >= 4 is 5.96 Å². The van der Waals surface area contributed by atoms with Gasteiger partial charge in [-0.1, -0.05) is 0 Å².